The Morgan fingerprint density at radius 3 is 2.68 bits per heavy atom. The molecule has 0 unspecified atom stereocenters. The van der Waals surface area contributed by atoms with Gasteiger partial charge in [0.25, 0.3) is 5.91 Å². The second-order valence-electron chi connectivity index (χ2n) is 9.62. The van der Waals surface area contributed by atoms with Gasteiger partial charge in [0.1, 0.15) is 0 Å². The molecule has 1 aliphatic rings. The van der Waals surface area contributed by atoms with Gasteiger partial charge >= 0.3 is 5.69 Å². The average Bonchev–Trinajstić information content (AvgIpc) is 3.09. The van der Waals surface area contributed by atoms with E-state index >= 15 is 0 Å². The summed E-state index contributed by atoms with van der Waals surface area (Å²) >= 11 is 0. The molecule has 1 heterocycles. The predicted octanol–water partition coefficient (Wildman–Crippen LogP) is 1.85. The molecule has 0 aliphatic heterocycles. The fourth-order valence-electron chi connectivity index (χ4n) is 5.11. The summed E-state index contributed by atoms with van der Waals surface area (Å²) in [4.78, 5) is 39.8. The number of amides is 1. The molecule has 1 aromatic carbocycles. The molecule has 2 aromatic rings. The molecule has 4 N–H and O–H groups in total. The van der Waals surface area contributed by atoms with Crippen molar-refractivity contribution in [1.29, 1.82) is 0 Å². The second kappa shape index (κ2) is 11.8. The Labute approximate surface area is 200 Å². The van der Waals surface area contributed by atoms with Crippen LogP contribution in [0.2, 0.25) is 0 Å². The van der Waals surface area contributed by atoms with E-state index in [0.29, 0.717) is 35.0 Å². The molecule has 0 radical (unpaired) electrons. The Bertz CT molecular complexity index is 1060. The Kier molecular flexibility index (Phi) is 9.04. The summed E-state index contributed by atoms with van der Waals surface area (Å²) in [6.07, 6.45) is 2.86. The number of aliphatic hydroxyl groups is 1. The van der Waals surface area contributed by atoms with Gasteiger partial charge in [-0.15, -0.1) is 0 Å². The van der Waals surface area contributed by atoms with Crippen LogP contribution in [0.3, 0.4) is 0 Å². The molecular weight excluding hydrogens is 436 g/mol. The van der Waals surface area contributed by atoms with Crippen LogP contribution < -0.4 is 16.7 Å². The fourth-order valence-corrected chi connectivity index (χ4v) is 5.11. The lowest BCUT2D eigenvalue weighted by Gasteiger charge is -2.36. The first-order valence-electron chi connectivity index (χ1n) is 12.3. The molecule has 0 spiro atoms. The fraction of sp³-hybridized carbons (Fsp3) is 0.640. The van der Waals surface area contributed by atoms with Crippen LogP contribution in [-0.4, -0.2) is 59.0 Å². The summed E-state index contributed by atoms with van der Waals surface area (Å²) in [5.41, 5.74) is 6.78. The van der Waals surface area contributed by atoms with Gasteiger partial charge in [-0.05, 0) is 48.8 Å². The van der Waals surface area contributed by atoms with Gasteiger partial charge in [0.2, 0.25) is 5.91 Å². The van der Waals surface area contributed by atoms with E-state index in [1.165, 1.54) is 9.13 Å². The van der Waals surface area contributed by atoms with Crippen molar-refractivity contribution in [2.75, 3.05) is 32.9 Å². The quantitative estimate of drug-likeness (QED) is 0.451. The van der Waals surface area contributed by atoms with Gasteiger partial charge in [0.05, 0.1) is 30.9 Å². The van der Waals surface area contributed by atoms with Gasteiger partial charge in [-0.2, -0.15) is 0 Å². The molecule has 1 aromatic heterocycles. The maximum Gasteiger partial charge on any atom is 0.336 e. The first-order chi connectivity index (χ1) is 16.3. The predicted molar refractivity (Wildman–Crippen MR) is 131 cm³/mol. The van der Waals surface area contributed by atoms with Crippen LogP contribution in [0.4, 0.5) is 0 Å². The lowest BCUT2D eigenvalue weighted by atomic mass is 9.69. The molecule has 188 valence electrons. The van der Waals surface area contributed by atoms with Crippen molar-refractivity contribution in [3.8, 4) is 0 Å². The largest absolute Gasteiger partial charge is 0.394 e. The van der Waals surface area contributed by atoms with E-state index in [0.717, 1.165) is 19.3 Å². The zero-order valence-corrected chi connectivity index (χ0v) is 20.5. The highest BCUT2D eigenvalue weighted by molar-refractivity contribution is 5.99. The molecule has 1 saturated carbocycles. The molecule has 1 aliphatic carbocycles. The molecule has 34 heavy (non-hydrogen) atoms. The number of nitrogens with two attached hydrogens (primary N) is 1. The number of hydrogen-bond donors (Lipinski definition) is 3. The van der Waals surface area contributed by atoms with Crippen molar-refractivity contribution in [3.63, 3.8) is 0 Å². The minimum atomic E-state index is -0.402. The van der Waals surface area contributed by atoms with Gasteiger partial charge in [0.15, 0.2) is 0 Å². The summed E-state index contributed by atoms with van der Waals surface area (Å²) in [5.74, 6) is 0.359. The van der Waals surface area contributed by atoms with Crippen LogP contribution in [-0.2, 0) is 11.3 Å². The lowest BCUT2D eigenvalue weighted by Crippen LogP contribution is -2.40. The minimum absolute atomic E-state index is 0.0727. The molecular formula is C25H38N4O5. The molecule has 1 fully saturated rings. The van der Waals surface area contributed by atoms with Crippen LogP contribution in [0.1, 0.15) is 55.2 Å². The number of carbonyl (C=O) groups excluding carboxylic acids is 2. The van der Waals surface area contributed by atoms with Gasteiger partial charge < -0.3 is 20.9 Å². The van der Waals surface area contributed by atoms with Crippen molar-refractivity contribution in [1.82, 2.24) is 14.5 Å². The number of carbonyl (C=O) groups is 2. The number of fused-ring (bicyclic) bond motifs is 1. The summed E-state index contributed by atoms with van der Waals surface area (Å²) < 4.78 is 7.95. The third kappa shape index (κ3) is 5.59. The Hall–Kier alpha value is -2.49. The van der Waals surface area contributed by atoms with Crippen LogP contribution in [0.5, 0.6) is 0 Å². The number of hydrogen-bond acceptors (Lipinski definition) is 6. The number of benzene rings is 1. The number of aromatic nitrogens is 2. The van der Waals surface area contributed by atoms with E-state index in [9.17, 15) is 14.4 Å². The SMILES string of the molecule is CC(C)[C@@H]1CC[C@@H](C)C[C@H]1C(=O)n1c(=O)n(CCN)c2cc(C(=O)NCCOCCO)ccc21. The molecule has 1 amide bonds. The van der Waals surface area contributed by atoms with E-state index < -0.39 is 5.69 Å². The highest BCUT2D eigenvalue weighted by Gasteiger charge is 2.37. The first-order valence-corrected chi connectivity index (χ1v) is 12.3. The van der Waals surface area contributed by atoms with Crippen LogP contribution in [0, 0.1) is 23.7 Å². The molecule has 0 bridgehead atoms. The summed E-state index contributed by atoms with van der Waals surface area (Å²) in [6, 6.07) is 4.95. The van der Waals surface area contributed by atoms with E-state index in [1.54, 1.807) is 18.2 Å². The monoisotopic (exact) mass is 474 g/mol. The number of ether oxygens (including phenoxy) is 1. The Morgan fingerprint density at radius 2 is 2.00 bits per heavy atom. The third-order valence-electron chi connectivity index (χ3n) is 6.87. The maximum absolute atomic E-state index is 13.8. The zero-order valence-electron chi connectivity index (χ0n) is 20.5. The van der Waals surface area contributed by atoms with Gasteiger partial charge in [-0.25, -0.2) is 9.36 Å². The van der Waals surface area contributed by atoms with Crippen molar-refractivity contribution in [2.45, 2.75) is 46.6 Å². The number of aliphatic hydroxyl groups excluding tert-OH is 1. The van der Waals surface area contributed by atoms with Gasteiger partial charge in [0, 0.05) is 31.1 Å². The third-order valence-corrected chi connectivity index (χ3v) is 6.87. The van der Waals surface area contributed by atoms with E-state index in [-0.39, 0.29) is 56.6 Å². The molecule has 3 atom stereocenters. The number of nitrogens with one attached hydrogen (secondary N) is 1. The van der Waals surface area contributed by atoms with Gasteiger partial charge in [-0.3, -0.25) is 14.2 Å². The van der Waals surface area contributed by atoms with E-state index in [1.807, 2.05) is 0 Å². The summed E-state index contributed by atoms with van der Waals surface area (Å²) in [5, 5.41) is 11.5. The number of imidazole rings is 1. The Balaban J connectivity index is 1.95. The first kappa shape index (κ1) is 26.1. The average molecular weight is 475 g/mol. The second-order valence-corrected chi connectivity index (χ2v) is 9.62. The smallest absolute Gasteiger partial charge is 0.336 e. The Morgan fingerprint density at radius 1 is 1.24 bits per heavy atom. The van der Waals surface area contributed by atoms with E-state index in [4.69, 9.17) is 15.6 Å². The number of nitrogens with zero attached hydrogens (tertiary/aromatic N) is 2. The van der Waals surface area contributed by atoms with Crippen LogP contribution in [0.15, 0.2) is 23.0 Å². The van der Waals surface area contributed by atoms with Crippen molar-refractivity contribution in [2.24, 2.45) is 29.4 Å². The van der Waals surface area contributed by atoms with Crippen molar-refractivity contribution < 1.29 is 19.4 Å². The molecule has 3 rings (SSSR count). The lowest BCUT2D eigenvalue weighted by molar-refractivity contribution is 0.0633. The normalized spacial score (nSPS) is 20.7. The maximum atomic E-state index is 13.8. The van der Waals surface area contributed by atoms with Crippen molar-refractivity contribution in [3.05, 3.63) is 34.2 Å². The summed E-state index contributed by atoms with van der Waals surface area (Å²) in [6.45, 7) is 7.66. The topological polar surface area (TPSA) is 129 Å². The van der Waals surface area contributed by atoms with Crippen LogP contribution in [0.25, 0.3) is 11.0 Å². The highest BCUT2D eigenvalue weighted by atomic mass is 16.5. The van der Waals surface area contributed by atoms with Crippen molar-refractivity contribution >= 4 is 22.8 Å². The molecule has 9 nitrogen and oxygen atoms in total. The van der Waals surface area contributed by atoms with Crippen LogP contribution >= 0.6 is 0 Å². The molecule has 9 heteroatoms. The number of rotatable bonds is 10. The minimum Gasteiger partial charge on any atom is -0.394 e. The van der Waals surface area contributed by atoms with E-state index in [2.05, 4.69) is 26.1 Å². The zero-order chi connectivity index (χ0) is 24.8. The highest BCUT2D eigenvalue weighted by Crippen LogP contribution is 2.39. The standard InChI is InChI=1S/C25H38N4O5/c1-16(2)19-6-4-17(3)14-20(19)24(32)29-21-7-5-18(23(31)27-9-12-34-13-11-30)15-22(21)28(10-8-26)25(29)33/h5,7,15-17,19-20,30H,4,6,8-14,26H2,1-3H3,(H,27,31)/t17-,19+,20-/m1/s1. The molecule has 0 saturated heterocycles. The summed E-state index contributed by atoms with van der Waals surface area (Å²) in [7, 11) is 0. The van der Waals surface area contributed by atoms with Gasteiger partial charge in [-0.1, -0.05) is 27.2 Å².